The van der Waals surface area contributed by atoms with Crippen LogP contribution in [-0.4, -0.2) is 45.4 Å². The molecule has 1 N–H and O–H groups in total. The summed E-state index contributed by atoms with van der Waals surface area (Å²) in [6.07, 6.45) is 2.20. The summed E-state index contributed by atoms with van der Waals surface area (Å²) in [7, 11) is 5.09. The van der Waals surface area contributed by atoms with Gasteiger partial charge >= 0.3 is 0 Å². The van der Waals surface area contributed by atoms with Crippen molar-refractivity contribution >= 4 is 5.69 Å². The Labute approximate surface area is 155 Å². The summed E-state index contributed by atoms with van der Waals surface area (Å²) in [4.78, 5) is 2.47. The Morgan fingerprint density at radius 1 is 0.885 bits per heavy atom. The van der Waals surface area contributed by atoms with Crippen molar-refractivity contribution in [3.05, 3.63) is 48.0 Å². The minimum atomic E-state index is 0.467. The van der Waals surface area contributed by atoms with Crippen molar-refractivity contribution in [1.82, 2.24) is 4.90 Å². The third-order valence-corrected chi connectivity index (χ3v) is 4.93. The highest BCUT2D eigenvalue weighted by atomic mass is 16.5. The van der Waals surface area contributed by atoms with Gasteiger partial charge < -0.3 is 19.5 Å². The second kappa shape index (κ2) is 8.81. The van der Waals surface area contributed by atoms with E-state index in [2.05, 4.69) is 22.3 Å². The van der Waals surface area contributed by atoms with Crippen molar-refractivity contribution < 1.29 is 14.2 Å². The third kappa shape index (κ3) is 4.22. The summed E-state index contributed by atoms with van der Waals surface area (Å²) in [6, 6.07) is 14.6. The van der Waals surface area contributed by atoms with Gasteiger partial charge in [-0.1, -0.05) is 24.3 Å². The van der Waals surface area contributed by atoms with Gasteiger partial charge in [0.15, 0.2) is 11.5 Å². The molecule has 1 saturated heterocycles. The quantitative estimate of drug-likeness (QED) is 0.818. The van der Waals surface area contributed by atoms with Crippen LogP contribution in [0.25, 0.3) is 0 Å². The van der Waals surface area contributed by atoms with Gasteiger partial charge in [-0.15, -0.1) is 0 Å². The van der Waals surface area contributed by atoms with Crippen molar-refractivity contribution in [2.24, 2.45) is 0 Å². The number of rotatable bonds is 7. The first kappa shape index (κ1) is 18.4. The van der Waals surface area contributed by atoms with Gasteiger partial charge in [-0.25, -0.2) is 0 Å². The zero-order valence-corrected chi connectivity index (χ0v) is 15.8. The topological polar surface area (TPSA) is 43.0 Å². The number of likely N-dealkylation sites (tertiary alicyclic amines) is 1. The summed E-state index contributed by atoms with van der Waals surface area (Å²) in [5.41, 5.74) is 2.24. The maximum absolute atomic E-state index is 5.56. The second-order valence-electron chi connectivity index (χ2n) is 6.55. The summed E-state index contributed by atoms with van der Waals surface area (Å²) in [6.45, 7) is 2.97. The number of nitrogens with one attached hydrogen (secondary N) is 1. The standard InChI is InChI=1S/C21H28N2O3/c1-24-19-9-5-4-8-18(19)22-17-11-13-23(14-12-17)15-16-7-6-10-20(25-2)21(16)26-3/h4-10,17,22H,11-15H2,1-3H3. The molecule has 0 aromatic heterocycles. The molecular weight excluding hydrogens is 328 g/mol. The van der Waals surface area contributed by atoms with E-state index in [-0.39, 0.29) is 0 Å². The average molecular weight is 356 g/mol. The Bertz CT molecular complexity index is 712. The molecule has 1 heterocycles. The van der Waals surface area contributed by atoms with E-state index in [1.165, 1.54) is 5.56 Å². The normalized spacial score (nSPS) is 15.5. The van der Waals surface area contributed by atoms with Crippen LogP contribution in [0.4, 0.5) is 5.69 Å². The van der Waals surface area contributed by atoms with E-state index in [9.17, 15) is 0 Å². The lowest BCUT2D eigenvalue weighted by Gasteiger charge is -2.33. The van der Waals surface area contributed by atoms with E-state index in [1.54, 1.807) is 21.3 Å². The van der Waals surface area contributed by atoms with E-state index in [4.69, 9.17) is 14.2 Å². The molecule has 0 amide bonds. The summed E-state index contributed by atoms with van der Waals surface area (Å²) in [5, 5.41) is 3.63. The monoisotopic (exact) mass is 356 g/mol. The van der Waals surface area contributed by atoms with Crippen LogP contribution in [0, 0.1) is 0 Å². The van der Waals surface area contributed by atoms with Gasteiger partial charge in [0.25, 0.3) is 0 Å². The van der Waals surface area contributed by atoms with Gasteiger partial charge in [0.1, 0.15) is 5.75 Å². The predicted octanol–water partition coefficient (Wildman–Crippen LogP) is 3.79. The molecule has 0 saturated carbocycles. The molecule has 0 bridgehead atoms. The molecule has 1 aliphatic rings. The lowest BCUT2D eigenvalue weighted by atomic mass is 10.0. The van der Waals surface area contributed by atoms with Crippen LogP contribution in [-0.2, 0) is 6.54 Å². The molecule has 0 atom stereocenters. The van der Waals surface area contributed by atoms with Crippen molar-refractivity contribution in [2.75, 3.05) is 39.7 Å². The Kier molecular flexibility index (Phi) is 6.23. The Morgan fingerprint density at radius 2 is 1.58 bits per heavy atom. The molecule has 26 heavy (non-hydrogen) atoms. The largest absolute Gasteiger partial charge is 0.495 e. The lowest BCUT2D eigenvalue weighted by molar-refractivity contribution is 0.208. The van der Waals surface area contributed by atoms with Crippen LogP contribution in [0.2, 0.25) is 0 Å². The number of hydrogen-bond acceptors (Lipinski definition) is 5. The van der Waals surface area contributed by atoms with E-state index in [0.717, 1.165) is 55.4 Å². The molecule has 0 unspecified atom stereocenters. The minimum absolute atomic E-state index is 0.467. The number of ether oxygens (including phenoxy) is 3. The number of methoxy groups -OCH3 is 3. The summed E-state index contributed by atoms with van der Waals surface area (Å²) < 4.78 is 16.4. The Balaban J connectivity index is 1.58. The molecule has 0 spiro atoms. The predicted molar refractivity (Wildman–Crippen MR) is 104 cm³/mol. The fraction of sp³-hybridized carbons (Fsp3) is 0.429. The molecule has 2 aromatic rings. The first-order valence-corrected chi connectivity index (χ1v) is 9.07. The van der Waals surface area contributed by atoms with Gasteiger partial charge in [0.05, 0.1) is 27.0 Å². The zero-order chi connectivity index (χ0) is 18.4. The number of hydrogen-bond donors (Lipinski definition) is 1. The zero-order valence-electron chi connectivity index (χ0n) is 15.8. The van der Waals surface area contributed by atoms with Crippen LogP contribution in [0.5, 0.6) is 17.2 Å². The maximum Gasteiger partial charge on any atom is 0.165 e. The van der Waals surface area contributed by atoms with Gasteiger partial charge in [0, 0.05) is 31.2 Å². The second-order valence-corrected chi connectivity index (χ2v) is 6.55. The fourth-order valence-electron chi connectivity index (χ4n) is 3.54. The third-order valence-electron chi connectivity index (χ3n) is 4.93. The van der Waals surface area contributed by atoms with Crippen LogP contribution in [0.3, 0.4) is 0 Å². The molecule has 0 aliphatic carbocycles. The van der Waals surface area contributed by atoms with Crippen molar-refractivity contribution in [2.45, 2.75) is 25.4 Å². The average Bonchev–Trinajstić information content (AvgIpc) is 2.69. The SMILES string of the molecule is COc1ccccc1NC1CCN(Cc2cccc(OC)c2OC)CC1. The minimum Gasteiger partial charge on any atom is -0.495 e. The van der Waals surface area contributed by atoms with Crippen LogP contribution >= 0.6 is 0 Å². The molecule has 1 aliphatic heterocycles. The molecule has 5 heteroatoms. The van der Waals surface area contributed by atoms with Crippen molar-refractivity contribution in [1.29, 1.82) is 0 Å². The van der Waals surface area contributed by atoms with Crippen molar-refractivity contribution in [3.8, 4) is 17.2 Å². The summed E-state index contributed by atoms with van der Waals surface area (Å²) in [5.74, 6) is 2.53. The number of para-hydroxylation sites is 3. The number of anilines is 1. The molecule has 2 aromatic carbocycles. The molecule has 140 valence electrons. The molecule has 5 nitrogen and oxygen atoms in total. The maximum atomic E-state index is 5.56. The van der Waals surface area contributed by atoms with Crippen LogP contribution < -0.4 is 19.5 Å². The first-order chi connectivity index (χ1) is 12.7. The molecule has 1 fully saturated rings. The Hall–Kier alpha value is -2.40. The molecule has 0 radical (unpaired) electrons. The van der Waals surface area contributed by atoms with E-state index >= 15 is 0 Å². The van der Waals surface area contributed by atoms with E-state index in [0.29, 0.717) is 6.04 Å². The smallest absolute Gasteiger partial charge is 0.165 e. The van der Waals surface area contributed by atoms with Crippen molar-refractivity contribution in [3.63, 3.8) is 0 Å². The number of nitrogens with zero attached hydrogens (tertiary/aromatic N) is 1. The fourth-order valence-corrected chi connectivity index (χ4v) is 3.54. The lowest BCUT2D eigenvalue weighted by Crippen LogP contribution is -2.38. The van der Waals surface area contributed by atoms with Gasteiger partial charge in [-0.05, 0) is 31.0 Å². The number of benzene rings is 2. The molecular formula is C21H28N2O3. The van der Waals surface area contributed by atoms with Gasteiger partial charge in [-0.2, -0.15) is 0 Å². The number of piperidine rings is 1. The van der Waals surface area contributed by atoms with E-state index < -0.39 is 0 Å². The highest BCUT2D eigenvalue weighted by molar-refractivity contribution is 5.56. The highest BCUT2D eigenvalue weighted by Crippen LogP contribution is 2.32. The summed E-state index contributed by atoms with van der Waals surface area (Å²) >= 11 is 0. The first-order valence-electron chi connectivity index (χ1n) is 9.07. The van der Waals surface area contributed by atoms with Gasteiger partial charge in [0.2, 0.25) is 0 Å². The molecule has 3 rings (SSSR count). The van der Waals surface area contributed by atoms with Gasteiger partial charge in [-0.3, -0.25) is 4.90 Å². The highest BCUT2D eigenvalue weighted by Gasteiger charge is 2.21. The van der Waals surface area contributed by atoms with Crippen LogP contribution in [0.1, 0.15) is 18.4 Å². The van der Waals surface area contributed by atoms with E-state index in [1.807, 2.05) is 30.3 Å². The van der Waals surface area contributed by atoms with Crippen LogP contribution in [0.15, 0.2) is 42.5 Å². The Morgan fingerprint density at radius 3 is 2.27 bits per heavy atom.